The molecule has 0 radical (unpaired) electrons. The monoisotopic (exact) mass is 185 g/mol. The van der Waals surface area contributed by atoms with Crippen molar-refractivity contribution in [3.05, 3.63) is 22.4 Å². The highest BCUT2D eigenvalue weighted by Gasteiger charge is 2.26. The van der Waals surface area contributed by atoms with Crippen LogP contribution in [0.2, 0.25) is 0 Å². The van der Waals surface area contributed by atoms with Crippen LogP contribution in [0.15, 0.2) is 16.8 Å². The zero-order valence-corrected chi connectivity index (χ0v) is 8.10. The van der Waals surface area contributed by atoms with Crippen LogP contribution in [0.5, 0.6) is 0 Å². The van der Waals surface area contributed by atoms with Gasteiger partial charge in [0.05, 0.1) is 0 Å². The highest BCUT2D eigenvalue weighted by Crippen LogP contribution is 2.26. The Bertz CT molecular complexity index is 222. The molecule has 1 rings (SSSR count). The lowest BCUT2D eigenvalue weighted by Gasteiger charge is -2.24. The molecule has 0 aliphatic rings. The molecule has 1 aromatic heterocycles. The Morgan fingerprint density at radius 3 is 2.83 bits per heavy atom. The van der Waals surface area contributed by atoms with Gasteiger partial charge >= 0.3 is 0 Å². The molecule has 2 nitrogen and oxygen atoms in total. The summed E-state index contributed by atoms with van der Waals surface area (Å²) in [6, 6.07) is 1.94. The van der Waals surface area contributed by atoms with Gasteiger partial charge in [-0.1, -0.05) is 13.3 Å². The molecule has 1 aromatic rings. The summed E-state index contributed by atoms with van der Waals surface area (Å²) in [6.45, 7) is 2.35. The van der Waals surface area contributed by atoms with Gasteiger partial charge in [0.15, 0.2) is 0 Å². The van der Waals surface area contributed by atoms with Gasteiger partial charge in [-0.2, -0.15) is 11.3 Å². The molecule has 3 N–H and O–H groups in total. The van der Waals surface area contributed by atoms with Gasteiger partial charge in [-0.05, 0) is 28.8 Å². The zero-order chi connectivity index (χ0) is 9.03. The van der Waals surface area contributed by atoms with Crippen molar-refractivity contribution in [2.45, 2.75) is 25.4 Å². The second kappa shape index (κ2) is 4.03. The number of hydrogen-bond acceptors (Lipinski definition) is 3. The minimum Gasteiger partial charge on any atom is -0.384 e. The Morgan fingerprint density at radius 2 is 2.42 bits per heavy atom. The molecule has 0 aliphatic heterocycles. The molecule has 0 saturated carbocycles. The number of rotatable bonds is 4. The van der Waals surface area contributed by atoms with Crippen LogP contribution in [0.4, 0.5) is 0 Å². The van der Waals surface area contributed by atoms with E-state index in [2.05, 4.69) is 0 Å². The molecule has 1 atom stereocenters. The minimum absolute atomic E-state index is 0.303. The number of nitrogens with two attached hydrogens (primary N) is 1. The first kappa shape index (κ1) is 9.71. The molecule has 68 valence electrons. The van der Waals surface area contributed by atoms with Crippen LogP contribution in [0, 0.1) is 0 Å². The maximum atomic E-state index is 10.1. The smallest absolute Gasteiger partial charge is 0.103 e. The maximum Gasteiger partial charge on any atom is 0.103 e. The molecule has 0 saturated heterocycles. The summed E-state index contributed by atoms with van der Waals surface area (Å²) >= 11 is 1.59. The predicted molar refractivity (Wildman–Crippen MR) is 52.2 cm³/mol. The van der Waals surface area contributed by atoms with E-state index in [1.54, 1.807) is 11.3 Å². The van der Waals surface area contributed by atoms with Crippen molar-refractivity contribution in [2.75, 3.05) is 6.54 Å². The van der Waals surface area contributed by atoms with Crippen LogP contribution in [0.25, 0.3) is 0 Å². The van der Waals surface area contributed by atoms with Crippen LogP contribution < -0.4 is 5.73 Å². The second-order valence-corrected chi connectivity index (χ2v) is 3.78. The first-order chi connectivity index (χ1) is 5.73. The van der Waals surface area contributed by atoms with Crippen LogP contribution >= 0.6 is 11.3 Å². The molecule has 0 amide bonds. The molecule has 1 heterocycles. The normalized spacial score (nSPS) is 15.9. The van der Waals surface area contributed by atoms with Gasteiger partial charge in [0, 0.05) is 6.54 Å². The predicted octanol–water partition coefficient (Wildman–Crippen LogP) is 1.69. The Balaban J connectivity index is 2.80. The van der Waals surface area contributed by atoms with Gasteiger partial charge < -0.3 is 10.8 Å². The summed E-state index contributed by atoms with van der Waals surface area (Å²) in [4.78, 5) is 0. The van der Waals surface area contributed by atoms with Crippen molar-refractivity contribution in [3.63, 3.8) is 0 Å². The Labute approximate surface area is 77.0 Å². The van der Waals surface area contributed by atoms with Crippen LogP contribution in [-0.2, 0) is 5.60 Å². The van der Waals surface area contributed by atoms with E-state index < -0.39 is 5.60 Å². The third kappa shape index (κ3) is 1.86. The first-order valence-electron chi connectivity index (χ1n) is 4.18. The summed E-state index contributed by atoms with van der Waals surface area (Å²) < 4.78 is 0. The van der Waals surface area contributed by atoms with Crippen molar-refractivity contribution in [1.29, 1.82) is 0 Å². The summed E-state index contributed by atoms with van der Waals surface area (Å²) in [6.07, 6.45) is 1.68. The van der Waals surface area contributed by atoms with Gasteiger partial charge in [-0.15, -0.1) is 0 Å². The van der Waals surface area contributed by atoms with Gasteiger partial charge in [-0.25, -0.2) is 0 Å². The lowest BCUT2D eigenvalue weighted by atomic mass is 9.92. The highest BCUT2D eigenvalue weighted by molar-refractivity contribution is 7.08. The quantitative estimate of drug-likeness (QED) is 0.750. The molecule has 0 bridgehead atoms. The van der Waals surface area contributed by atoms with E-state index in [1.807, 2.05) is 23.8 Å². The second-order valence-electron chi connectivity index (χ2n) is 3.00. The van der Waals surface area contributed by atoms with Crippen molar-refractivity contribution in [1.82, 2.24) is 0 Å². The molecule has 12 heavy (non-hydrogen) atoms. The summed E-state index contributed by atoms with van der Waals surface area (Å²) in [5.41, 5.74) is 5.70. The molecular formula is C9H15NOS. The van der Waals surface area contributed by atoms with E-state index in [9.17, 15) is 5.11 Å². The summed E-state index contributed by atoms with van der Waals surface area (Å²) in [7, 11) is 0. The lowest BCUT2D eigenvalue weighted by Crippen LogP contribution is -2.34. The van der Waals surface area contributed by atoms with Crippen LogP contribution in [0.3, 0.4) is 0 Å². The molecule has 0 aromatic carbocycles. The summed E-state index contributed by atoms with van der Waals surface area (Å²) in [5.74, 6) is 0. The fourth-order valence-electron chi connectivity index (χ4n) is 1.31. The van der Waals surface area contributed by atoms with Crippen molar-refractivity contribution >= 4 is 11.3 Å². The van der Waals surface area contributed by atoms with E-state index in [-0.39, 0.29) is 0 Å². The number of hydrogen-bond donors (Lipinski definition) is 2. The molecule has 3 heteroatoms. The fourth-order valence-corrected chi connectivity index (χ4v) is 2.06. The Morgan fingerprint density at radius 1 is 1.67 bits per heavy atom. The molecule has 0 fully saturated rings. The average molecular weight is 185 g/mol. The Hall–Kier alpha value is -0.380. The van der Waals surface area contributed by atoms with E-state index >= 15 is 0 Å². The third-order valence-corrected chi connectivity index (χ3v) is 2.74. The zero-order valence-electron chi connectivity index (χ0n) is 7.29. The van der Waals surface area contributed by atoms with Gasteiger partial charge in [0.2, 0.25) is 0 Å². The molecular weight excluding hydrogens is 170 g/mol. The number of thiophene rings is 1. The lowest BCUT2D eigenvalue weighted by molar-refractivity contribution is 0.0364. The minimum atomic E-state index is -0.797. The van der Waals surface area contributed by atoms with Crippen LogP contribution in [-0.4, -0.2) is 11.7 Å². The van der Waals surface area contributed by atoms with Gasteiger partial charge in [0.1, 0.15) is 5.60 Å². The SMILES string of the molecule is CCCC(O)(CN)c1ccsc1. The maximum absolute atomic E-state index is 10.1. The fraction of sp³-hybridized carbons (Fsp3) is 0.556. The Kier molecular flexibility index (Phi) is 3.26. The van der Waals surface area contributed by atoms with E-state index in [0.717, 1.165) is 18.4 Å². The molecule has 0 spiro atoms. The van der Waals surface area contributed by atoms with Crippen molar-refractivity contribution in [3.8, 4) is 0 Å². The first-order valence-corrected chi connectivity index (χ1v) is 5.12. The summed E-state index contributed by atoms with van der Waals surface area (Å²) in [5, 5.41) is 14.0. The van der Waals surface area contributed by atoms with Crippen LogP contribution in [0.1, 0.15) is 25.3 Å². The van der Waals surface area contributed by atoms with Gasteiger partial charge in [-0.3, -0.25) is 0 Å². The highest BCUT2D eigenvalue weighted by atomic mass is 32.1. The topological polar surface area (TPSA) is 46.2 Å². The molecule has 0 aliphatic carbocycles. The van der Waals surface area contributed by atoms with Gasteiger partial charge in [0.25, 0.3) is 0 Å². The van der Waals surface area contributed by atoms with Crippen molar-refractivity contribution < 1.29 is 5.11 Å². The van der Waals surface area contributed by atoms with E-state index in [1.165, 1.54) is 0 Å². The van der Waals surface area contributed by atoms with E-state index in [0.29, 0.717) is 6.54 Å². The largest absolute Gasteiger partial charge is 0.384 e. The molecule has 1 unspecified atom stereocenters. The van der Waals surface area contributed by atoms with E-state index in [4.69, 9.17) is 5.73 Å². The number of aliphatic hydroxyl groups is 1. The standard InChI is InChI=1S/C9H15NOS/c1-2-4-9(11,7-10)8-3-5-12-6-8/h3,5-6,11H,2,4,7,10H2,1H3. The average Bonchev–Trinajstić information content (AvgIpc) is 2.57. The third-order valence-electron chi connectivity index (χ3n) is 2.06. The van der Waals surface area contributed by atoms with Crippen molar-refractivity contribution in [2.24, 2.45) is 5.73 Å².